The summed E-state index contributed by atoms with van der Waals surface area (Å²) in [5.74, 6) is -2.81. The number of aryl methyl sites for hydroxylation is 2. The Morgan fingerprint density at radius 1 is 0.857 bits per heavy atom. The second kappa shape index (κ2) is 8.92. The van der Waals surface area contributed by atoms with Crippen LogP contribution in [0.4, 0.5) is 13.2 Å². The Balaban J connectivity index is 2.02. The molecule has 3 aromatic carbocycles. The van der Waals surface area contributed by atoms with E-state index in [-0.39, 0.29) is 16.5 Å². The molecule has 0 radical (unpaired) electrons. The van der Waals surface area contributed by atoms with Gasteiger partial charge >= 0.3 is 0 Å². The predicted octanol–water partition coefficient (Wildman–Crippen LogP) is 7.55. The van der Waals surface area contributed by atoms with Crippen molar-refractivity contribution in [1.29, 1.82) is 0 Å². The SMILES string of the molecule is C=CCCc1ccc(-c2ccc3cc(CC/C=C/C)c(F)c(F)c3c2F)cc1. The maximum absolute atomic E-state index is 15.1. The standard InChI is InChI=1S/C25H23F3/c1-3-5-7-9-20-16-19-14-15-21(24(27)22(19)25(28)23(20)26)18-12-10-17(11-13-18)8-6-4-2/h3-5,10-16H,2,6-9H2,1H3/b5-3+. The molecule has 0 saturated heterocycles. The molecule has 0 aliphatic rings. The fourth-order valence-electron chi connectivity index (χ4n) is 3.37. The van der Waals surface area contributed by atoms with Crippen molar-refractivity contribution in [3.05, 3.63) is 95.9 Å². The molecule has 0 nitrogen and oxygen atoms in total. The number of benzene rings is 3. The van der Waals surface area contributed by atoms with Crippen LogP contribution in [0.1, 0.15) is 30.9 Å². The molecule has 0 aromatic heterocycles. The number of halogens is 3. The van der Waals surface area contributed by atoms with Crippen LogP contribution in [-0.4, -0.2) is 0 Å². The molecule has 0 N–H and O–H groups in total. The van der Waals surface area contributed by atoms with Gasteiger partial charge in [-0.2, -0.15) is 0 Å². The van der Waals surface area contributed by atoms with Crippen LogP contribution in [0.5, 0.6) is 0 Å². The summed E-state index contributed by atoms with van der Waals surface area (Å²) in [6.45, 7) is 5.58. The van der Waals surface area contributed by atoms with Gasteiger partial charge in [-0.25, -0.2) is 13.2 Å². The average molecular weight is 380 g/mol. The maximum Gasteiger partial charge on any atom is 0.169 e. The number of rotatable bonds is 7. The summed E-state index contributed by atoms with van der Waals surface area (Å²) in [5, 5.41) is 0.0822. The first kappa shape index (κ1) is 19.9. The predicted molar refractivity (Wildman–Crippen MR) is 111 cm³/mol. The largest absolute Gasteiger partial charge is 0.206 e. The quantitative estimate of drug-likeness (QED) is 0.371. The topological polar surface area (TPSA) is 0 Å². The molecule has 0 saturated carbocycles. The zero-order valence-electron chi connectivity index (χ0n) is 15.9. The number of hydrogen-bond donors (Lipinski definition) is 0. The smallest absolute Gasteiger partial charge is 0.169 e. The molecule has 3 rings (SSSR count). The summed E-state index contributed by atoms with van der Waals surface area (Å²) in [6, 6.07) is 12.3. The molecule has 0 spiro atoms. The highest BCUT2D eigenvalue weighted by molar-refractivity contribution is 5.89. The minimum atomic E-state index is -1.12. The molecule has 0 fully saturated rings. The van der Waals surface area contributed by atoms with Crippen molar-refractivity contribution in [1.82, 2.24) is 0 Å². The van der Waals surface area contributed by atoms with E-state index in [9.17, 15) is 8.78 Å². The van der Waals surface area contributed by atoms with E-state index in [2.05, 4.69) is 6.58 Å². The van der Waals surface area contributed by atoms with Gasteiger partial charge in [0.05, 0.1) is 5.39 Å². The first-order valence-electron chi connectivity index (χ1n) is 9.47. The lowest BCUT2D eigenvalue weighted by Gasteiger charge is -2.11. The minimum absolute atomic E-state index is 0.266. The molecular weight excluding hydrogens is 357 g/mol. The number of hydrogen-bond acceptors (Lipinski definition) is 0. The van der Waals surface area contributed by atoms with Gasteiger partial charge in [0.15, 0.2) is 11.6 Å². The van der Waals surface area contributed by atoms with Crippen LogP contribution in [0.25, 0.3) is 21.9 Å². The first-order valence-corrected chi connectivity index (χ1v) is 9.47. The van der Waals surface area contributed by atoms with Gasteiger partial charge in [0.2, 0.25) is 0 Å². The molecule has 0 aliphatic heterocycles. The summed E-state index contributed by atoms with van der Waals surface area (Å²) < 4.78 is 44.3. The van der Waals surface area contributed by atoms with Crippen LogP contribution in [0.15, 0.2) is 67.3 Å². The number of allylic oxidation sites excluding steroid dienone is 3. The van der Waals surface area contributed by atoms with Crippen LogP contribution in [0, 0.1) is 17.5 Å². The highest BCUT2D eigenvalue weighted by Crippen LogP contribution is 2.33. The van der Waals surface area contributed by atoms with Crippen molar-refractivity contribution in [2.75, 3.05) is 0 Å². The van der Waals surface area contributed by atoms with Gasteiger partial charge in [-0.1, -0.05) is 54.6 Å². The molecule has 0 unspecified atom stereocenters. The summed E-state index contributed by atoms with van der Waals surface area (Å²) in [4.78, 5) is 0. The molecule has 0 heterocycles. The van der Waals surface area contributed by atoms with Crippen molar-refractivity contribution in [3.8, 4) is 11.1 Å². The molecule has 0 amide bonds. The Kier molecular flexibility index (Phi) is 6.35. The Labute approximate surface area is 164 Å². The van der Waals surface area contributed by atoms with E-state index in [1.165, 1.54) is 0 Å². The van der Waals surface area contributed by atoms with Gasteiger partial charge in [-0.3, -0.25) is 0 Å². The first-order chi connectivity index (χ1) is 13.6. The molecule has 0 bridgehead atoms. The molecule has 3 aromatic rings. The van der Waals surface area contributed by atoms with Crippen molar-refractivity contribution in [3.63, 3.8) is 0 Å². The third-order valence-corrected chi connectivity index (χ3v) is 4.92. The van der Waals surface area contributed by atoms with Crippen molar-refractivity contribution < 1.29 is 13.2 Å². The van der Waals surface area contributed by atoms with E-state index < -0.39 is 17.5 Å². The van der Waals surface area contributed by atoms with Crippen molar-refractivity contribution in [2.45, 2.75) is 32.6 Å². The van der Waals surface area contributed by atoms with Gasteiger partial charge in [-0.05, 0) is 60.7 Å². The van der Waals surface area contributed by atoms with Crippen LogP contribution >= 0.6 is 0 Å². The van der Waals surface area contributed by atoms with Crippen LogP contribution in [0.2, 0.25) is 0 Å². The van der Waals surface area contributed by atoms with Crippen LogP contribution < -0.4 is 0 Å². The van der Waals surface area contributed by atoms with Gasteiger partial charge in [0.25, 0.3) is 0 Å². The van der Waals surface area contributed by atoms with E-state index in [1.807, 2.05) is 49.4 Å². The van der Waals surface area contributed by atoms with E-state index in [0.29, 0.717) is 23.8 Å². The van der Waals surface area contributed by atoms with Gasteiger partial charge in [0, 0.05) is 5.56 Å². The molecule has 0 aliphatic carbocycles. The lowest BCUT2D eigenvalue weighted by atomic mass is 9.96. The van der Waals surface area contributed by atoms with Crippen LogP contribution in [0.3, 0.4) is 0 Å². The van der Waals surface area contributed by atoms with Gasteiger partial charge in [-0.15, -0.1) is 6.58 Å². The molecule has 28 heavy (non-hydrogen) atoms. The Morgan fingerprint density at radius 3 is 2.29 bits per heavy atom. The molecule has 0 atom stereocenters. The monoisotopic (exact) mass is 380 g/mol. The Bertz CT molecular complexity index is 1010. The summed E-state index contributed by atoms with van der Waals surface area (Å²) >= 11 is 0. The Morgan fingerprint density at radius 2 is 1.61 bits per heavy atom. The summed E-state index contributed by atoms with van der Waals surface area (Å²) in [6.07, 6.45) is 8.31. The summed E-state index contributed by atoms with van der Waals surface area (Å²) in [5.41, 5.74) is 2.29. The van der Waals surface area contributed by atoms with E-state index >= 15 is 4.39 Å². The Hall–Kier alpha value is -2.81. The molecule has 144 valence electrons. The van der Waals surface area contributed by atoms with E-state index in [1.54, 1.807) is 18.2 Å². The lowest BCUT2D eigenvalue weighted by Crippen LogP contribution is -1.99. The van der Waals surface area contributed by atoms with Gasteiger partial charge in [0.1, 0.15) is 5.82 Å². The van der Waals surface area contributed by atoms with Crippen molar-refractivity contribution in [2.24, 2.45) is 0 Å². The van der Waals surface area contributed by atoms with E-state index in [4.69, 9.17) is 0 Å². The summed E-state index contributed by atoms with van der Waals surface area (Å²) in [7, 11) is 0. The lowest BCUT2D eigenvalue weighted by molar-refractivity contribution is 0.502. The fraction of sp³-hybridized carbons (Fsp3) is 0.200. The molecular formula is C25H23F3. The zero-order chi connectivity index (χ0) is 20.1. The fourth-order valence-corrected chi connectivity index (χ4v) is 3.37. The van der Waals surface area contributed by atoms with Gasteiger partial charge < -0.3 is 0 Å². The third-order valence-electron chi connectivity index (χ3n) is 4.92. The zero-order valence-corrected chi connectivity index (χ0v) is 15.9. The highest BCUT2D eigenvalue weighted by atomic mass is 19.2. The second-order valence-electron chi connectivity index (χ2n) is 6.82. The minimum Gasteiger partial charge on any atom is -0.206 e. The average Bonchev–Trinajstić information content (AvgIpc) is 2.71. The van der Waals surface area contributed by atoms with Crippen molar-refractivity contribution >= 4 is 10.8 Å². The second-order valence-corrected chi connectivity index (χ2v) is 6.82. The van der Waals surface area contributed by atoms with Crippen LogP contribution in [-0.2, 0) is 12.8 Å². The highest BCUT2D eigenvalue weighted by Gasteiger charge is 2.19. The van der Waals surface area contributed by atoms with E-state index in [0.717, 1.165) is 18.4 Å². The normalized spacial score (nSPS) is 11.4. The molecule has 3 heteroatoms. The third kappa shape index (κ3) is 4.04. The maximum atomic E-state index is 15.1. The number of fused-ring (bicyclic) bond motifs is 1.